The number of amides is 1. The van der Waals surface area contributed by atoms with Crippen molar-refractivity contribution in [1.29, 1.82) is 0 Å². The molecule has 21 heavy (non-hydrogen) atoms. The topological polar surface area (TPSA) is 66.8 Å². The molecule has 0 spiro atoms. The Bertz CT molecular complexity index is 529. The Morgan fingerprint density at radius 2 is 2.19 bits per heavy atom. The Balaban J connectivity index is 1.96. The highest BCUT2D eigenvalue weighted by molar-refractivity contribution is 5.85. The highest BCUT2D eigenvalue weighted by Crippen LogP contribution is 2.24. The molecule has 1 aliphatic heterocycles. The smallest absolute Gasteiger partial charge is 0.326 e. The van der Waals surface area contributed by atoms with Crippen molar-refractivity contribution in [3.8, 4) is 5.75 Å². The molecule has 2 unspecified atom stereocenters. The molecular formula is C16H21NO4. The number of carbonyl (C=O) groups is 2. The van der Waals surface area contributed by atoms with Crippen molar-refractivity contribution >= 4 is 11.9 Å². The maximum absolute atomic E-state index is 12.2. The number of rotatable bonds is 5. The van der Waals surface area contributed by atoms with Crippen molar-refractivity contribution in [2.45, 2.75) is 32.7 Å². The van der Waals surface area contributed by atoms with Crippen LogP contribution in [0, 0.1) is 5.92 Å². The summed E-state index contributed by atoms with van der Waals surface area (Å²) in [7, 11) is 0. The molecule has 1 heterocycles. The SMILES string of the molecule is CCc1cccc(OCC(=O)N2CCC(C)C2C(=O)O)c1. The zero-order valence-electron chi connectivity index (χ0n) is 12.4. The molecule has 0 saturated carbocycles. The lowest BCUT2D eigenvalue weighted by Crippen LogP contribution is -2.44. The average molecular weight is 291 g/mol. The third kappa shape index (κ3) is 3.54. The zero-order chi connectivity index (χ0) is 15.4. The van der Waals surface area contributed by atoms with Gasteiger partial charge in [-0.3, -0.25) is 4.79 Å². The quantitative estimate of drug-likeness (QED) is 0.900. The Morgan fingerprint density at radius 3 is 2.86 bits per heavy atom. The van der Waals surface area contributed by atoms with Crippen LogP contribution in [0.5, 0.6) is 5.75 Å². The van der Waals surface area contributed by atoms with Crippen LogP contribution >= 0.6 is 0 Å². The van der Waals surface area contributed by atoms with Crippen LogP contribution in [0.4, 0.5) is 0 Å². The van der Waals surface area contributed by atoms with Gasteiger partial charge >= 0.3 is 5.97 Å². The fraction of sp³-hybridized carbons (Fsp3) is 0.500. The second-order valence-corrected chi connectivity index (χ2v) is 5.43. The number of ether oxygens (including phenoxy) is 1. The Hall–Kier alpha value is -2.04. The lowest BCUT2D eigenvalue weighted by Gasteiger charge is -2.23. The maximum atomic E-state index is 12.2. The number of aryl methyl sites for hydroxylation is 1. The zero-order valence-corrected chi connectivity index (χ0v) is 12.4. The summed E-state index contributed by atoms with van der Waals surface area (Å²) >= 11 is 0. The maximum Gasteiger partial charge on any atom is 0.326 e. The van der Waals surface area contributed by atoms with Crippen molar-refractivity contribution in [1.82, 2.24) is 4.90 Å². The van der Waals surface area contributed by atoms with E-state index in [2.05, 4.69) is 0 Å². The molecule has 0 aliphatic carbocycles. The van der Waals surface area contributed by atoms with Crippen molar-refractivity contribution in [3.63, 3.8) is 0 Å². The van der Waals surface area contributed by atoms with E-state index in [1.54, 1.807) is 6.07 Å². The third-order valence-corrected chi connectivity index (χ3v) is 3.94. The minimum absolute atomic E-state index is 0.0186. The highest BCUT2D eigenvalue weighted by Gasteiger charge is 2.39. The molecule has 114 valence electrons. The third-order valence-electron chi connectivity index (χ3n) is 3.94. The predicted octanol–water partition coefficient (Wildman–Crippen LogP) is 1.95. The first-order valence-electron chi connectivity index (χ1n) is 7.27. The molecule has 1 fully saturated rings. The summed E-state index contributed by atoms with van der Waals surface area (Å²) in [5.74, 6) is -0.591. The molecule has 1 aromatic rings. The second-order valence-electron chi connectivity index (χ2n) is 5.43. The first kappa shape index (κ1) is 15.4. The average Bonchev–Trinajstić information content (AvgIpc) is 2.87. The van der Waals surface area contributed by atoms with Crippen LogP contribution in [-0.2, 0) is 16.0 Å². The van der Waals surface area contributed by atoms with Crippen LogP contribution in [-0.4, -0.2) is 41.1 Å². The number of carbonyl (C=O) groups excluding carboxylic acids is 1. The largest absolute Gasteiger partial charge is 0.484 e. The van der Waals surface area contributed by atoms with Gasteiger partial charge in [-0.05, 0) is 36.5 Å². The molecule has 1 saturated heterocycles. The van der Waals surface area contributed by atoms with E-state index in [1.807, 2.05) is 32.0 Å². The summed E-state index contributed by atoms with van der Waals surface area (Å²) in [6.07, 6.45) is 1.61. The van der Waals surface area contributed by atoms with E-state index in [0.29, 0.717) is 18.7 Å². The summed E-state index contributed by atoms with van der Waals surface area (Å²) in [4.78, 5) is 24.8. The van der Waals surface area contributed by atoms with E-state index in [0.717, 1.165) is 12.0 Å². The molecule has 1 amide bonds. The number of likely N-dealkylation sites (tertiary alicyclic amines) is 1. The van der Waals surface area contributed by atoms with E-state index in [4.69, 9.17) is 4.74 Å². The van der Waals surface area contributed by atoms with Crippen LogP contribution in [0.15, 0.2) is 24.3 Å². The molecule has 2 rings (SSSR count). The molecule has 0 radical (unpaired) electrons. The van der Waals surface area contributed by atoms with Crippen molar-refractivity contribution in [2.24, 2.45) is 5.92 Å². The molecule has 5 nitrogen and oxygen atoms in total. The van der Waals surface area contributed by atoms with Crippen LogP contribution in [0.1, 0.15) is 25.8 Å². The lowest BCUT2D eigenvalue weighted by molar-refractivity contribution is -0.150. The summed E-state index contributed by atoms with van der Waals surface area (Å²) in [6, 6.07) is 6.85. The fourth-order valence-corrected chi connectivity index (χ4v) is 2.69. The molecule has 1 aromatic carbocycles. The molecule has 1 N–H and O–H groups in total. The summed E-state index contributed by atoms with van der Waals surface area (Å²) in [5, 5.41) is 9.22. The predicted molar refractivity (Wildman–Crippen MR) is 78.2 cm³/mol. The van der Waals surface area contributed by atoms with E-state index < -0.39 is 12.0 Å². The molecule has 0 bridgehead atoms. The highest BCUT2D eigenvalue weighted by atomic mass is 16.5. The number of carboxylic acid groups (broad SMARTS) is 1. The van der Waals surface area contributed by atoms with Gasteiger partial charge in [0, 0.05) is 6.54 Å². The minimum Gasteiger partial charge on any atom is -0.484 e. The van der Waals surface area contributed by atoms with Gasteiger partial charge in [0.2, 0.25) is 0 Å². The van der Waals surface area contributed by atoms with Gasteiger partial charge < -0.3 is 14.7 Å². The van der Waals surface area contributed by atoms with Gasteiger partial charge in [0.1, 0.15) is 11.8 Å². The van der Waals surface area contributed by atoms with E-state index in [1.165, 1.54) is 4.90 Å². The Labute approximate surface area is 124 Å². The number of hydrogen-bond acceptors (Lipinski definition) is 3. The van der Waals surface area contributed by atoms with Gasteiger partial charge in [0.25, 0.3) is 5.91 Å². The fourth-order valence-electron chi connectivity index (χ4n) is 2.69. The monoisotopic (exact) mass is 291 g/mol. The van der Waals surface area contributed by atoms with Crippen molar-refractivity contribution < 1.29 is 19.4 Å². The first-order valence-corrected chi connectivity index (χ1v) is 7.27. The normalized spacial score (nSPS) is 21.3. The lowest BCUT2D eigenvalue weighted by atomic mass is 10.0. The van der Waals surface area contributed by atoms with E-state index in [-0.39, 0.29) is 18.4 Å². The molecule has 1 aliphatic rings. The van der Waals surface area contributed by atoms with Gasteiger partial charge in [-0.1, -0.05) is 26.0 Å². The van der Waals surface area contributed by atoms with Gasteiger partial charge in [0.15, 0.2) is 6.61 Å². The number of carboxylic acids is 1. The number of benzene rings is 1. The first-order chi connectivity index (χ1) is 10.0. The van der Waals surface area contributed by atoms with Gasteiger partial charge in [-0.2, -0.15) is 0 Å². The van der Waals surface area contributed by atoms with E-state index in [9.17, 15) is 14.7 Å². The van der Waals surface area contributed by atoms with Crippen LogP contribution < -0.4 is 4.74 Å². The molecule has 2 atom stereocenters. The summed E-state index contributed by atoms with van der Waals surface area (Å²) in [5.41, 5.74) is 1.14. The number of hydrogen-bond donors (Lipinski definition) is 1. The molecule has 5 heteroatoms. The van der Waals surface area contributed by atoms with Gasteiger partial charge in [0.05, 0.1) is 0 Å². The van der Waals surface area contributed by atoms with Crippen LogP contribution in [0.2, 0.25) is 0 Å². The standard InChI is InChI=1S/C16H21NO4/c1-3-12-5-4-6-13(9-12)21-10-14(18)17-8-7-11(2)15(17)16(19)20/h4-6,9,11,15H,3,7-8,10H2,1-2H3,(H,19,20). The molecular weight excluding hydrogens is 270 g/mol. The second kappa shape index (κ2) is 6.61. The van der Waals surface area contributed by atoms with Gasteiger partial charge in [-0.15, -0.1) is 0 Å². The number of aliphatic carboxylic acids is 1. The summed E-state index contributed by atoms with van der Waals surface area (Å²) in [6.45, 7) is 4.27. The number of nitrogens with zero attached hydrogens (tertiary/aromatic N) is 1. The van der Waals surface area contributed by atoms with Gasteiger partial charge in [-0.25, -0.2) is 4.79 Å². The van der Waals surface area contributed by atoms with Crippen molar-refractivity contribution in [3.05, 3.63) is 29.8 Å². The van der Waals surface area contributed by atoms with Crippen LogP contribution in [0.3, 0.4) is 0 Å². The molecule has 0 aromatic heterocycles. The Morgan fingerprint density at radius 1 is 1.43 bits per heavy atom. The van der Waals surface area contributed by atoms with Crippen molar-refractivity contribution in [2.75, 3.05) is 13.2 Å². The minimum atomic E-state index is -0.943. The van der Waals surface area contributed by atoms with Crippen LogP contribution in [0.25, 0.3) is 0 Å². The van der Waals surface area contributed by atoms with E-state index >= 15 is 0 Å². The Kier molecular flexibility index (Phi) is 4.83. The summed E-state index contributed by atoms with van der Waals surface area (Å²) < 4.78 is 5.50.